The van der Waals surface area contributed by atoms with Crippen LogP contribution < -0.4 is 10.5 Å². The first-order valence-electron chi connectivity index (χ1n) is 5.60. The molecular weight excluding hydrogens is 428 g/mol. The maximum absolute atomic E-state index is 12.5. The SMILES string of the molecule is CC(NS(=O)(=O)c1c(Br)cc(N)cc1Br)c1ccsc1. The molecule has 2 rings (SSSR count). The molecule has 108 valence electrons. The third kappa shape index (κ3) is 3.43. The fraction of sp³-hybridized carbons (Fsp3) is 0.167. The van der Waals surface area contributed by atoms with Gasteiger partial charge in [0, 0.05) is 20.7 Å². The van der Waals surface area contributed by atoms with Crippen molar-refractivity contribution in [1.82, 2.24) is 4.72 Å². The number of anilines is 1. The Balaban J connectivity index is 2.37. The van der Waals surface area contributed by atoms with E-state index in [4.69, 9.17) is 5.73 Å². The summed E-state index contributed by atoms with van der Waals surface area (Å²) in [5.41, 5.74) is 7.09. The van der Waals surface area contributed by atoms with Gasteiger partial charge in [-0.1, -0.05) is 0 Å². The van der Waals surface area contributed by atoms with Crippen LogP contribution in [0.1, 0.15) is 18.5 Å². The van der Waals surface area contributed by atoms with E-state index in [1.807, 2.05) is 16.8 Å². The number of nitrogen functional groups attached to an aromatic ring is 1. The van der Waals surface area contributed by atoms with Crippen molar-refractivity contribution < 1.29 is 8.42 Å². The summed E-state index contributed by atoms with van der Waals surface area (Å²) in [4.78, 5) is 0.147. The van der Waals surface area contributed by atoms with Crippen LogP contribution in [-0.4, -0.2) is 8.42 Å². The molecule has 0 bridgehead atoms. The van der Waals surface area contributed by atoms with Gasteiger partial charge in [0.25, 0.3) is 0 Å². The van der Waals surface area contributed by atoms with E-state index in [2.05, 4.69) is 36.6 Å². The molecule has 1 atom stereocenters. The van der Waals surface area contributed by atoms with Crippen LogP contribution in [-0.2, 0) is 10.0 Å². The molecule has 1 heterocycles. The van der Waals surface area contributed by atoms with E-state index < -0.39 is 10.0 Å². The number of nitrogens with one attached hydrogen (secondary N) is 1. The highest BCUT2D eigenvalue weighted by Gasteiger charge is 2.24. The summed E-state index contributed by atoms with van der Waals surface area (Å²) in [6.45, 7) is 1.80. The smallest absolute Gasteiger partial charge is 0.243 e. The molecule has 0 aliphatic heterocycles. The van der Waals surface area contributed by atoms with Crippen molar-refractivity contribution in [2.45, 2.75) is 17.9 Å². The monoisotopic (exact) mass is 438 g/mol. The molecule has 1 aromatic carbocycles. The molecule has 0 radical (unpaired) electrons. The minimum atomic E-state index is -3.66. The van der Waals surface area contributed by atoms with E-state index in [-0.39, 0.29) is 10.9 Å². The molecule has 3 N–H and O–H groups in total. The molecular formula is C12H12Br2N2O2S2. The van der Waals surface area contributed by atoms with Gasteiger partial charge in [0.15, 0.2) is 0 Å². The number of hydrogen-bond donors (Lipinski definition) is 2. The van der Waals surface area contributed by atoms with Gasteiger partial charge in [-0.15, -0.1) is 0 Å². The van der Waals surface area contributed by atoms with Crippen LogP contribution in [0.15, 0.2) is 42.8 Å². The zero-order valence-corrected chi connectivity index (χ0v) is 15.2. The van der Waals surface area contributed by atoms with E-state index in [1.165, 1.54) is 11.3 Å². The lowest BCUT2D eigenvalue weighted by molar-refractivity contribution is 0.566. The average Bonchev–Trinajstić information content (AvgIpc) is 2.78. The molecule has 0 saturated carbocycles. The second-order valence-electron chi connectivity index (χ2n) is 4.21. The van der Waals surface area contributed by atoms with Crippen LogP contribution in [0.3, 0.4) is 0 Å². The second kappa shape index (κ2) is 6.15. The van der Waals surface area contributed by atoms with Gasteiger partial charge in [0.05, 0.1) is 0 Å². The molecule has 0 aliphatic carbocycles. The van der Waals surface area contributed by atoms with Crippen molar-refractivity contribution in [2.24, 2.45) is 0 Å². The Labute approximate surface area is 138 Å². The molecule has 0 fully saturated rings. The summed E-state index contributed by atoms with van der Waals surface area (Å²) in [5.74, 6) is 0. The normalized spacial score (nSPS) is 13.3. The summed E-state index contributed by atoms with van der Waals surface area (Å²) >= 11 is 8.02. The summed E-state index contributed by atoms with van der Waals surface area (Å²) in [5, 5.41) is 3.83. The predicted octanol–water partition coefficient (Wildman–Crippen LogP) is 3.89. The Morgan fingerprint density at radius 3 is 2.40 bits per heavy atom. The van der Waals surface area contributed by atoms with Crippen molar-refractivity contribution >= 4 is 58.9 Å². The average molecular weight is 440 g/mol. The first kappa shape index (κ1) is 16.0. The number of hydrogen-bond acceptors (Lipinski definition) is 4. The highest BCUT2D eigenvalue weighted by Crippen LogP contribution is 2.33. The number of thiophene rings is 1. The van der Waals surface area contributed by atoms with Crippen LogP contribution in [0.25, 0.3) is 0 Å². The number of benzene rings is 1. The zero-order valence-electron chi connectivity index (χ0n) is 10.4. The van der Waals surface area contributed by atoms with E-state index in [1.54, 1.807) is 19.1 Å². The summed E-state index contributed by atoms with van der Waals surface area (Å²) < 4.78 is 28.5. The van der Waals surface area contributed by atoms with Gasteiger partial charge in [-0.25, -0.2) is 13.1 Å². The van der Waals surface area contributed by atoms with Crippen molar-refractivity contribution in [2.75, 3.05) is 5.73 Å². The molecule has 20 heavy (non-hydrogen) atoms. The molecule has 1 unspecified atom stereocenters. The van der Waals surface area contributed by atoms with Crippen LogP contribution in [0, 0.1) is 0 Å². The van der Waals surface area contributed by atoms with Gasteiger partial charge in [0.2, 0.25) is 10.0 Å². The topological polar surface area (TPSA) is 72.2 Å². The third-order valence-electron chi connectivity index (χ3n) is 2.66. The van der Waals surface area contributed by atoms with Crippen LogP contribution in [0.2, 0.25) is 0 Å². The van der Waals surface area contributed by atoms with Gasteiger partial charge in [-0.2, -0.15) is 11.3 Å². The molecule has 0 amide bonds. The molecule has 1 aromatic heterocycles. The lowest BCUT2D eigenvalue weighted by atomic mass is 10.2. The van der Waals surface area contributed by atoms with Gasteiger partial charge in [0.1, 0.15) is 4.90 Å². The quantitative estimate of drug-likeness (QED) is 0.709. The van der Waals surface area contributed by atoms with Crippen molar-refractivity contribution in [3.05, 3.63) is 43.5 Å². The van der Waals surface area contributed by atoms with Gasteiger partial charge in [-0.05, 0) is 73.3 Å². The van der Waals surface area contributed by atoms with E-state index >= 15 is 0 Å². The van der Waals surface area contributed by atoms with Gasteiger partial charge >= 0.3 is 0 Å². The molecule has 2 aromatic rings. The van der Waals surface area contributed by atoms with E-state index in [0.29, 0.717) is 14.6 Å². The Morgan fingerprint density at radius 1 is 1.30 bits per heavy atom. The largest absolute Gasteiger partial charge is 0.399 e. The standard InChI is InChI=1S/C12H12Br2N2O2S2/c1-7(8-2-3-19-6-8)16-20(17,18)12-10(13)4-9(15)5-11(12)14/h2-7,16H,15H2,1H3. The first-order valence-corrected chi connectivity index (χ1v) is 9.61. The Bertz CT molecular complexity index is 692. The fourth-order valence-electron chi connectivity index (χ4n) is 1.72. The third-order valence-corrected chi connectivity index (χ3v) is 6.78. The first-order chi connectivity index (χ1) is 9.31. The number of halogens is 2. The highest BCUT2D eigenvalue weighted by molar-refractivity contribution is 9.11. The molecule has 8 heteroatoms. The van der Waals surface area contributed by atoms with Gasteiger partial charge in [-0.3, -0.25) is 0 Å². The Hall–Kier alpha value is -0.410. The fourth-order valence-corrected chi connectivity index (χ4v) is 6.32. The Morgan fingerprint density at radius 2 is 1.90 bits per heavy atom. The minimum Gasteiger partial charge on any atom is -0.399 e. The van der Waals surface area contributed by atoms with E-state index in [9.17, 15) is 8.42 Å². The maximum atomic E-state index is 12.5. The van der Waals surface area contributed by atoms with E-state index in [0.717, 1.165) is 5.56 Å². The summed E-state index contributed by atoms with van der Waals surface area (Å²) in [6.07, 6.45) is 0. The van der Waals surface area contributed by atoms with Crippen LogP contribution in [0.4, 0.5) is 5.69 Å². The Kier molecular flexibility index (Phi) is 4.91. The lowest BCUT2D eigenvalue weighted by Crippen LogP contribution is -2.27. The summed E-state index contributed by atoms with van der Waals surface area (Å²) in [7, 11) is -3.66. The van der Waals surface area contributed by atoms with Crippen LogP contribution >= 0.6 is 43.2 Å². The summed E-state index contributed by atoms with van der Waals surface area (Å²) in [6, 6.07) is 4.72. The van der Waals surface area contributed by atoms with Crippen molar-refractivity contribution in [3.63, 3.8) is 0 Å². The molecule has 0 saturated heterocycles. The lowest BCUT2D eigenvalue weighted by Gasteiger charge is -2.15. The number of nitrogens with two attached hydrogens (primary N) is 1. The number of sulfonamides is 1. The maximum Gasteiger partial charge on any atom is 0.243 e. The number of rotatable bonds is 4. The second-order valence-corrected chi connectivity index (χ2v) is 8.35. The zero-order chi connectivity index (χ0) is 14.9. The van der Waals surface area contributed by atoms with Crippen molar-refractivity contribution in [1.29, 1.82) is 0 Å². The molecule has 4 nitrogen and oxygen atoms in total. The predicted molar refractivity (Wildman–Crippen MR) is 89.3 cm³/mol. The molecule has 0 spiro atoms. The van der Waals surface area contributed by atoms with Crippen molar-refractivity contribution in [3.8, 4) is 0 Å². The highest BCUT2D eigenvalue weighted by atomic mass is 79.9. The molecule has 0 aliphatic rings. The van der Waals surface area contributed by atoms with Crippen LogP contribution in [0.5, 0.6) is 0 Å². The van der Waals surface area contributed by atoms with Gasteiger partial charge < -0.3 is 5.73 Å². The minimum absolute atomic E-state index is 0.147.